The molecule has 94 valence electrons. The lowest BCUT2D eigenvalue weighted by molar-refractivity contribution is 0.303. The maximum atomic E-state index is 13.1. The molecule has 0 aliphatic heterocycles. The molecule has 2 aromatic rings. The van der Waals surface area contributed by atoms with Gasteiger partial charge in [0.1, 0.15) is 18.2 Å². The number of halogens is 2. The topological polar surface area (TPSA) is 22.1 Å². The van der Waals surface area contributed by atoms with Crippen molar-refractivity contribution in [3.8, 4) is 5.75 Å². The molecule has 0 bridgehead atoms. The molecule has 0 N–H and O–H groups in total. The molecule has 0 aliphatic rings. The third-order valence-corrected chi connectivity index (χ3v) is 2.91. The minimum absolute atomic E-state index is 0.255. The molecule has 2 rings (SSSR count). The molecule has 4 heteroatoms. The van der Waals surface area contributed by atoms with E-state index in [1.54, 1.807) is 24.4 Å². The number of hydrogen-bond donors (Lipinski definition) is 0. The fourth-order valence-electron chi connectivity index (χ4n) is 1.53. The Bertz CT molecular complexity index is 528. The number of hydrogen-bond acceptors (Lipinski definition) is 2. The first-order chi connectivity index (χ1) is 8.69. The van der Waals surface area contributed by atoms with Crippen LogP contribution < -0.4 is 4.74 Å². The van der Waals surface area contributed by atoms with Crippen LogP contribution in [-0.4, -0.2) is 4.98 Å². The summed E-state index contributed by atoms with van der Waals surface area (Å²) in [5, 5.41) is 0. The van der Waals surface area contributed by atoms with Gasteiger partial charge in [0.2, 0.25) is 0 Å². The third-order valence-electron chi connectivity index (χ3n) is 2.64. The van der Waals surface area contributed by atoms with E-state index in [-0.39, 0.29) is 5.82 Å². The van der Waals surface area contributed by atoms with Crippen LogP contribution in [0.25, 0.3) is 0 Å². The fourth-order valence-corrected chi connectivity index (χ4v) is 1.69. The number of pyridine rings is 1. The Hall–Kier alpha value is -1.61. The Morgan fingerprint density at radius 3 is 2.78 bits per heavy atom. The molecular formula is C14H13ClFNO. The molecule has 18 heavy (non-hydrogen) atoms. The van der Waals surface area contributed by atoms with Crippen LogP contribution in [0.5, 0.6) is 5.75 Å². The minimum atomic E-state index is -0.255. The van der Waals surface area contributed by atoms with Gasteiger partial charge in [0.05, 0.1) is 17.8 Å². The number of rotatable bonds is 4. The van der Waals surface area contributed by atoms with E-state index in [0.29, 0.717) is 18.2 Å². The number of aryl methyl sites for hydroxylation is 1. The largest absolute Gasteiger partial charge is 0.487 e. The summed E-state index contributed by atoms with van der Waals surface area (Å²) in [7, 11) is 0. The minimum Gasteiger partial charge on any atom is -0.487 e. The molecule has 0 saturated carbocycles. The molecule has 0 unspecified atom stereocenters. The molecule has 1 aromatic carbocycles. The van der Waals surface area contributed by atoms with Gasteiger partial charge >= 0.3 is 0 Å². The molecule has 0 saturated heterocycles. The van der Waals surface area contributed by atoms with Gasteiger partial charge in [0.15, 0.2) is 0 Å². The van der Waals surface area contributed by atoms with E-state index in [1.165, 1.54) is 12.1 Å². The quantitative estimate of drug-likeness (QED) is 0.784. The van der Waals surface area contributed by atoms with Crippen molar-refractivity contribution >= 4 is 11.6 Å². The van der Waals surface area contributed by atoms with E-state index < -0.39 is 0 Å². The zero-order valence-electron chi connectivity index (χ0n) is 9.99. The van der Waals surface area contributed by atoms with Crippen LogP contribution in [0.15, 0.2) is 36.5 Å². The van der Waals surface area contributed by atoms with Gasteiger partial charge in [-0.2, -0.15) is 0 Å². The molecule has 0 fully saturated rings. The van der Waals surface area contributed by atoms with Gasteiger partial charge in [0.25, 0.3) is 0 Å². The molecule has 0 spiro atoms. The van der Waals surface area contributed by atoms with E-state index in [2.05, 4.69) is 4.98 Å². The summed E-state index contributed by atoms with van der Waals surface area (Å²) >= 11 is 5.65. The van der Waals surface area contributed by atoms with E-state index in [1.807, 2.05) is 6.92 Å². The standard InChI is InChI=1S/C14H13ClFNO/c1-10-2-3-12(16)6-11(10)9-18-14-5-4-13(7-15)17-8-14/h2-6,8H,7,9H2,1H3. The van der Waals surface area contributed by atoms with Crippen molar-refractivity contribution in [2.45, 2.75) is 19.4 Å². The summed E-state index contributed by atoms with van der Waals surface area (Å²) in [5.74, 6) is 0.769. The van der Waals surface area contributed by atoms with E-state index in [0.717, 1.165) is 16.8 Å². The maximum absolute atomic E-state index is 13.1. The van der Waals surface area contributed by atoms with Crippen LogP contribution in [-0.2, 0) is 12.5 Å². The lowest BCUT2D eigenvalue weighted by atomic mass is 10.1. The molecular weight excluding hydrogens is 253 g/mol. The average Bonchev–Trinajstić information content (AvgIpc) is 2.40. The first-order valence-corrected chi connectivity index (χ1v) is 6.11. The summed E-state index contributed by atoms with van der Waals surface area (Å²) < 4.78 is 18.6. The van der Waals surface area contributed by atoms with Crippen LogP contribution >= 0.6 is 11.6 Å². The van der Waals surface area contributed by atoms with E-state index >= 15 is 0 Å². The highest BCUT2D eigenvalue weighted by Crippen LogP contribution is 2.15. The third kappa shape index (κ3) is 3.20. The molecule has 1 aromatic heterocycles. The Kier molecular flexibility index (Phi) is 4.15. The van der Waals surface area contributed by atoms with Gasteiger partial charge in [-0.3, -0.25) is 4.98 Å². The highest BCUT2D eigenvalue weighted by molar-refractivity contribution is 6.16. The molecule has 1 heterocycles. The molecule has 0 aliphatic carbocycles. The summed E-state index contributed by atoms with van der Waals surface area (Å²) in [4.78, 5) is 4.12. The number of benzene rings is 1. The van der Waals surface area contributed by atoms with Crippen molar-refractivity contribution in [3.63, 3.8) is 0 Å². The highest BCUT2D eigenvalue weighted by Gasteiger charge is 2.02. The van der Waals surface area contributed by atoms with Crippen molar-refractivity contribution < 1.29 is 9.13 Å². The van der Waals surface area contributed by atoms with Gasteiger partial charge in [0, 0.05) is 0 Å². The Morgan fingerprint density at radius 1 is 1.28 bits per heavy atom. The van der Waals surface area contributed by atoms with E-state index in [4.69, 9.17) is 16.3 Å². The first kappa shape index (κ1) is 12.8. The van der Waals surface area contributed by atoms with Crippen molar-refractivity contribution in [2.24, 2.45) is 0 Å². The normalized spacial score (nSPS) is 10.4. The summed E-state index contributed by atoms with van der Waals surface area (Å²) in [6, 6.07) is 8.27. The second-order valence-corrected chi connectivity index (χ2v) is 4.25. The lowest BCUT2D eigenvalue weighted by Gasteiger charge is -2.08. The van der Waals surface area contributed by atoms with Crippen LogP contribution in [0.3, 0.4) is 0 Å². The first-order valence-electron chi connectivity index (χ1n) is 5.58. The number of alkyl halides is 1. The second kappa shape index (κ2) is 5.83. The zero-order valence-corrected chi connectivity index (χ0v) is 10.7. The predicted octanol–water partition coefficient (Wildman–Crippen LogP) is 3.85. The summed E-state index contributed by atoms with van der Waals surface area (Å²) in [6.45, 7) is 2.25. The van der Waals surface area contributed by atoms with Gasteiger partial charge in [-0.15, -0.1) is 11.6 Å². The van der Waals surface area contributed by atoms with Crippen LogP contribution in [0.2, 0.25) is 0 Å². The Labute approximate surface area is 110 Å². The monoisotopic (exact) mass is 265 g/mol. The number of aromatic nitrogens is 1. The lowest BCUT2D eigenvalue weighted by Crippen LogP contribution is -1.99. The second-order valence-electron chi connectivity index (χ2n) is 3.98. The maximum Gasteiger partial charge on any atom is 0.138 e. The molecule has 0 amide bonds. The fraction of sp³-hybridized carbons (Fsp3) is 0.214. The Balaban J connectivity index is 2.04. The van der Waals surface area contributed by atoms with Crippen molar-refractivity contribution in [1.82, 2.24) is 4.98 Å². The molecule has 0 atom stereocenters. The summed E-state index contributed by atoms with van der Waals surface area (Å²) in [5.41, 5.74) is 2.63. The van der Waals surface area contributed by atoms with Crippen molar-refractivity contribution in [3.05, 3.63) is 59.2 Å². The molecule has 0 radical (unpaired) electrons. The van der Waals surface area contributed by atoms with Gasteiger partial charge in [-0.25, -0.2) is 4.39 Å². The predicted molar refractivity (Wildman–Crippen MR) is 69.3 cm³/mol. The van der Waals surface area contributed by atoms with Gasteiger partial charge in [-0.1, -0.05) is 6.07 Å². The van der Waals surface area contributed by atoms with Crippen LogP contribution in [0.1, 0.15) is 16.8 Å². The SMILES string of the molecule is Cc1ccc(F)cc1COc1ccc(CCl)nc1. The number of ether oxygens (including phenoxy) is 1. The zero-order chi connectivity index (χ0) is 13.0. The van der Waals surface area contributed by atoms with E-state index in [9.17, 15) is 4.39 Å². The molecule has 2 nitrogen and oxygen atoms in total. The smallest absolute Gasteiger partial charge is 0.138 e. The van der Waals surface area contributed by atoms with Gasteiger partial charge < -0.3 is 4.74 Å². The summed E-state index contributed by atoms with van der Waals surface area (Å²) in [6.07, 6.45) is 1.62. The van der Waals surface area contributed by atoms with Crippen LogP contribution in [0, 0.1) is 12.7 Å². The van der Waals surface area contributed by atoms with Gasteiger partial charge in [-0.05, 0) is 42.3 Å². The Morgan fingerprint density at radius 2 is 2.11 bits per heavy atom. The average molecular weight is 266 g/mol. The highest BCUT2D eigenvalue weighted by atomic mass is 35.5. The number of nitrogens with zero attached hydrogens (tertiary/aromatic N) is 1. The van der Waals surface area contributed by atoms with Crippen LogP contribution in [0.4, 0.5) is 4.39 Å². The van der Waals surface area contributed by atoms with Crippen molar-refractivity contribution in [1.29, 1.82) is 0 Å². The van der Waals surface area contributed by atoms with Crippen molar-refractivity contribution in [2.75, 3.05) is 0 Å².